The lowest BCUT2D eigenvalue weighted by Gasteiger charge is -2.09. The lowest BCUT2D eigenvalue weighted by atomic mass is 10.1. The van der Waals surface area contributed by atoms with Crippen LogP contribution in [0.15, 0.2) is 60.4 Å². The Kier molecular flexibility index (Phi) is 5.82. The Labute approximate surface area is 181 Å². The Morgan fingerprint density at radius 2 is 2.13 bits per heavy atom. The molecule has 152 valence electrons. The van der Waals surface area contributed by atoms with Gasteiger partial charge in [0.2, 0.25) is 0 Å². The topological polar surface area (TPSA) is 95.9 Å². The summed E-state index contributed by atoms with van der Waals surface area (Å²) in [7, 11) is 1.38. The molecular weight excluding hydrogens is 418 g/mol. The van der Waals surface area contributed by atoms with Crippen molar-refractivity contribution in [1.29, 1.82) is 0 Å². The molecule has 4 rings (SSSR count). The molecule has 2 N–H and O–H groups in total. The molecule has 9 heteroatoms. The van der Waals surface area contributed by atoms with Crippen molar-refractivity contribution in [2.24, 2.45) is 0 Å². The van der Waals surface area contributed by atoms with Crippen LogP contribution in [0.2, 0.25) is 0 Å². The molecule has 0 aliphatic carbocycles. The zero-order valence-electron chi connectivity index (χ0n) is 16.2. The highest BCUT2D eigenvalue weighted by Crippen LogP contribution is 2.40. The van der Waals surface area contributed by atoms with Crippen molar-refractivity contribution in [1.82, 2.24) is 19.7 Å². The molecule has 0 aliphatic rings. The average molecular weight is 438 g/mol. The number of benzene rings is 1. The number of pyridine rings is 1. The predicted octanol–water partition coefficient (Wildman–Crippen LogP) is 4.40. The smallest absolute Gasteiger partial charge is 0.338 e. The summed E-state index contributed by atoms with van der Waals surface area (Å²) in [6.45, 7) is 4.39. The van der Waals surface area contributed by atoms with Gasteiger partial charge in [-0.25, -0.2) is 9.78 Å². The van der Waals surface area contributed by atoms with Gasteiger partial charge in [0, 0.05) is 23.9 Å². The highest BCUT2D eigenvalue weighted by atomic mass is 32.2. The third-order valence-corrected chi connectivity index (χ3v) is 6.66. The van der Waals surface area contributed by atoms with Crippen LogP contribution in [0.1, 0.15) is 15.9 Å². The quantitative estimate of drug-likeness (QED) is 0.260. The number of nitrogen functional groups attached to an aromatic ring is 1. The van der Waals surface area contributed by atoms with Crippen LogP contribution in [0.25, 0.3) is 20.9 Å². The minimum absolute atomic E-state index is 0.356. The van der Waals surface area contributed by atoms with Crippen molar-refractivity contribution < 1.29 is 9.53 Å². The highest BCUT2D eigenvalue weighted by molar-refractivity contribution is 7.98. The maximum atomic E-state index is 12.0. The molecule has 0 atom stereocenters. The van der Waals surface area contributed by atoms with Crippen LogP contribution in [0.5, 0.6) is 0 Å². The number of thioether (sulfide) groups is 1. The Hall–Kier alpha value is -3.17. The number of aromatic nitrogens is 4. The molecule has 30 heavy (non-hydrogen) atoms. The standard InChI is InChI=1S/C21H19N5O2S2/c1-3-11-26-18(17-16(22)15-9-6-10-23-19(15)30-17)24-25-21(26)29-12-13-7-4-5-8-14(13)20(27)28-2/h3-10H,1,11-12,22H2,2H3. The fourth-order valence-electron chi connectivity index (χ4n) is 3.07. The van der Waals surface area contributed by atoms with Gasteiger partial charge in [-0.1, -0.05) is 36.0 Å². The van der Waals surface area contributed by atoms with Crippen LogP contribution in [-0.2, 0) is 17.0 Å². The third kappa shape index (κ3) is 3.69. The SMILES string of the molecule is C=CCn1c(SCc2ccccc2C(=O)OC)nnc1-c1sc2ncccc2c1N. The summed E-state index contributed by atoms with van der Waals surface area (Å²) >= 11 is 2.98. The number of hydrogen-bond donors (Lipinski definition) is 1. The minimum Gasteiger partial charge on any atom is -0.465 e. The fourth-order valence-corrected chi connectivity index (χ4v) is 5.08. The van der Waals surface area contributed by atoms with E-state index in [9.17, 15) is 4.79 Å². The second-order valence-corrected chi connectivity index (χ2v) is 8.29. The van der Waals surface area contributed by atoms with Crippen LogP contribution in [0.4, 0.5) is 5.69 Å². The second-order valence-electron chi connectivity index (χ2n) is 6.34. The number of carbonyl (C=O) groups is 1. The van der Waals surface area contributed by atoms with E-state index in [0.29, 0.717) is 29.4 Å². The van der Waals surface area contributed by atoms with Crippen molar-refractivity contribution in [2.75, 3.05) is 12.8 Å². The lowest BCUT2D eigenvalue weighted by molar-refractivity contribution is 0.0600. The van der Waals surface area contributed by atoms with E-state index in [0.717, 1.165) is 25.8 Å². The van der Waals surface area contributed by atoms with E-state index < -0.39 is 0 Å². The first kappa shape index (κ1) is 20.1. The number of esters is 1. The van der Waals surface area contributed by atoms with Crippen molar-refractivity contribution in [2.45, 2.75) is 17.5 Å². The van der Waals surface area contributed by atoms with E-state index >= 15 is 0 Å². The largest absolute Gasteiger partial charge is 0.465 e. The van der Waals surface area contributed by atoms with Gasteiger partial charge in [0.1, 0.15) is 4.83 Å². The average Bonchev–Trinajstić information content (AvgIpc) is 3.33. The van der Waals surface area contributed by atoms with E-state index in [1.807, 2.05) is 34.9 Å². The molecule has 0 saturated heterocycles. The van der Waals surface area contributed by atoms with Crippen LogP contribution in [-0.4, -0.2) is 32.8 Å². The molecule has 7 nitrogen and oxygen atoms in total. The van der Waals surface area contributed by atoms with Gasteiger partial charge in [0.15, 0.2) is 11.0 Å². The van der Waals surface area contributed by atoms with Gasteiger partial charge >= 0.3 is 5.97 Å². The summed E-state index contributed by atoms with van der Waals surface area (Å²) < 4.78 is 6.85. The first-order valence-corrected chi connectivity index (χ1v) is 10.9. The van der Waals surface area contributed by atoms with Gasteiger partial charge in [-0.3, -0.25) is 4.57 Å². The number of nitrogens with two attached hydrogens (primary N) is 1. The van der Waals surface area contributed by atoms with Gasteiger partial charge in [-0.05, 0) is 23.8 Å². The van der Waals surface area contributed by atoms with Crippen LogP contribution in [0, 0.1) is 0 Å². The zero-order chi connectivity index (χ0) is 21.1. The Balaban J connectivity index is 1.68. The number of methoxy groups -OCH3 is 1. The van der Waals surface area contributed by atoms with Crippen molar-refractivity contribution >= 4 is 45.0 Å². The summed E-state index contributed by atoms with van der Waals surface area (Å²) in [5, 5.41) is 10.4. The summed E-state index contributed by atoms with van der Waals surface area (Å²) in [5.74, 6) is 0.869. The van der Waals surface area contributed by atoms with E-state index in [1.165, 1.54) is 30.2 Å². The van der Waals surface area contributed by atoms with Crippen molar-refractivity contribution in [3.8, 4) is 10.7 Å². The molecule has 3 heterocycles. The number of carbonyl (C=O) groups excluding carboxylic acids is 1. The maximum absolute atomic E-state index is 12.0. The van der Waals surface area contributed by atoms with Gasteiger partial charge in [-0.15, -0.1) is 28.1 Å². The molecule has 1 aromatic carbocycles. The molecule has 0 fully saturated rings. The monoisotopic (exact) mass is 437 g/mol. The molecule has 0 saturated carbocycles. The summed E-state index contributed by atoms with van der Waals surface area (Å²) in [5.41, 5.74) is 8.44. The summed E-state index contributed by atoms with van der Waals surface area (Å²) in [6.07, 6.45) is 3.54. The second kappa shape index (κ2) is 8.68. The molecule has 0 unspecified atom stereocenters. The number of anilines is 1. The minimum atomic E-state index is -0.356. The number of thiophene rings is 1. The molecule has 0 bridgehead atoms. The molecular formula is C21H19N5O2S2. The van der Waals surface area contributed by atoms with E-state index in [4.69, 9.17) is 10.5 Å². The number of fused-ring (bicyclic) bond motifs is 1. The number of hydrogen-bond acceptors (Lipinski definition) is 8. The molecule has 4 aromatic rings. The Morgan fingerprint density at radius 1 is 1.30 bits per heavy atom. The van der Waals surface area contributed by atoms with Gasteiger partial charge in [0.25, 0.3) is 0 Å². The van der Waals surface area contributed by atoms with Crippen molar-refractivity contribution in [3.63, 3.8) is 0 Å². The van der Waals surface area contributed by atoms with Gasteiger partial charge in [0.05, 0.1) is 23.2 Å². The molecule has 0 amide bonds. The number of rotatable bonds is 7. The molecule has 0 spiro atoms. The normalized spacial score (nSPS) is 11.0. The fraction of sp³-hybridized carbons (Fsp3) is 0.143. The first-order valence-electron chi connectivity index (χ1n) is 9.10. The van der Waals surface area contributed by atoms with Crippen LogP contribution in [0.3, 0.4) is 0 Å². The van der Waals surface area contributed by atoms with E-state index in [-0.39, 0.29) is 5.97 Å². The maximum Gasteiger partial charge on any atom is 0.338 e. The molecule has 0 radical (unpaired) electrons. The van der Waals surface area contributed by atoms with E-state index in [1.54, 1.807) is 18.3 Å². The highest BCUT2D eigenvalue weighted by Gasteiger charge is 2.20. The third-order valence-electron chi connectivity index (χ3n) is 4.52. The zero-order valence-corrected chi connectivity index (χ0v) is 17.9. The Bertz CT molecular complexity index is 1230. The van der Waals surface area contributed by atoms with Crippen LogP contribution < -0.4 is 5.73 Å². The number of ether oxygens (including phenoxy) is 1. The molecule has 0 aliphatic heterocycles. The van der Waals surface area contributed by atoms with Gasteiger partial charge < -0.3 is 10.5 Å². The number of nitrogens with zero attached hydrogens (tertiary/aromatic N) is 4. The lowest BCUT2D eigenvalue weighted by Crippen LogP contribution is -2.05. The van der Waals surface area contributed by atoms with Crippen molar-refractivity contribution in [3.05, 3.63) is 66.4 Å². The molecule has 3 aromatic heterocycles. The van der Waals surface area contributed by atoms with Crippen LogP contribution >= 0.6 is 23.1 Å². The first-order chi connectivity index (χ1) is 14.6. The van der Waals surface area contributed by atoms with Gasteiger partial charge in [-0.2, -0.15) is 0 Å². The summed E-state index contributed by atoms with van der Waals surface area (Å²) in [6, 6.07) is 11.2. The predicted molar refractivity (Wildman–Crippen MR) is 121 cm³/mol. The number of allylic oxidation sites excluding steroid dienone is 1. The Morgan fingerprint density at radius 3 is 2.90 bits per heavy atom. The van der Waals surface area contributed by atoms with E-state index in [2.05, 4.69) is 21.8 Å². The summed E-state index contributed by atoms with van der Waals surface area (Å²) in [4.78, 5) is 18.1.